The molecule has 0 aromatic heterocycles. The van der Waals surface area contributed by atoms with E-state index >= 15 is 0 Å². The topological polar surface area (TPSA) is 84.0 Å². The lowest BCUT2D eigenvalue weighted by atomic mass is 10.1. The molecule has 17 heavy (non-hydrogen) atoms. The van der Waals surface area contributed by atoms with Gasteiger partial charge >= 0.3 is 0 Å². The van der Waals surface area contributed by atoms with E-state index in [0.717, 1.165) is 0 Å². The molecule has 0 spiro atoms. The summed E-state index contributed by atoms with van der Waals surface area (Å²) in [6, 6.07) is 8.58. The van der Waals surface area contributed by atoms with Gasteiger partial charge in [0.1, 0.15) is 0 Å². The number of rotatable bonds is 4. The summed E-state index contributed by atoms with van der Waals surface area (Å²) < 4.78 is 23.7. The minimum atomic E-state index is -3.25. The van der Waals surface area contributed by atoms with Crippen molar-refractivity contribution in [3.05, 3.63) is 35.4 Å². The zero-order valence-corrected chi connectivity index (χ0v) is 10.8. The third-order valence-electron chi connectivity index (χ3n) is 2.03. The molecule has 0 atom stereocenters. The molecule has 0 unspecified atom stereocenters. The fourth-order valence-corrected chi connectivity index (χ4v) is 3.53. The second-order valence-electron chi connectivity index (χ2n) is 4.83. The molecule has 1 aromatic carbocycles. The summed E-state index contributed by atoms with van der Waals surface area (Å²) in [5.74, 6) is -0.153. The molecule has 0 aliphatic carbocycles. The van der Waals surface area contributed by atoms with Crippen LogP contribution in [0.1, 0.15) is 25.0 Å². The van der Waals surface area contributed by atoms with Crippen LogP contribution >= 0.6 is 0 Å². The van der Waals surface area contributed by atoms with E-state index in [0.29, 0.717) is 11.1 Å². The predicted octanol–water partition coefficient (Wildman–Crippen LogP) is 1.21. The Labute approximate surface area is 102 Å². The minimum absolute atomic E-state index is 0.0726. The number of nitrogens with two attached hydrogens (primary N) is 1. The molecule has 2 N–H and O–H groups in total. The Morgan fingerprint density at radius 2 is 2.06 bits per heavy atom. The average molecular weight is 252 g/mol. The highest BCUT2D eigenvalue weighted by Crippen LogP contribution is 2.12. The first-order chi connectivity index (χ1) is 7.72. The van der Waals surface area contributed by atoms with Crippen LogP contribution in [-0.4, -0.2) is 19.7 Å². The van der Waals surface area contributed by atoms with Crippen molar-refractivity contribution in [3.63, 3.8) is 0 Å². The van der Waals surface area contributed by atoms with Crippen LogP contribution < -0.4 is 5.73 Å². The first kappa shape index (κ1) is 13.7. The summed E-state index contributed by atoms with van der Waals surface area (Å²) in [5.41, 5.74) is 6.04. The summed E-state index contributed by atoms with van der Waals surface area (Å²) in [4.78, 5) is 0. The summed E-state index contributed by atoms with van der Waals surface area (Å²) in [5, 5.41) is 8.73. The molecule has 0 fully saturated rings. The summed E-state index contributed by atoms with van der Waals surface area (Å²) >= 11 is 0. The van der Waals surface area contributed by atoms with Gasteiger partial charge in [-0.1, -0.05) is 12.1 Å². The lowest BCUT2D eigenvalue weighted by molar-refractivity contribution is 0.544. The molecule has 92 valence electrons. The lowest BCUT2D eigenvalue weighted by Gasteiger charge is -2.18. The number of nitriles is 1. The van der Waals surface area contributed by atoms with Crippen LogP contribution in [0.25, 0.3) is 0 Å². The molecule has 1 rings (SSSR count). The van der Waals surface area contributed by atoms with Gasteiger partial charge in [0.25, 0.3) is 0 Å². The number of hydrogen-bond donors (Lipinski definition) is 1. The molecule has 1 aromatic rings. The summed E-state index contributed by atoms with van der Waals surface area (Å²) in [6.45, 7) is 3.35. The predicted molar refractivity (Wildman–Crippen MR) is 66.9 cm³/mol. The van der Waals surface area contributed by atoms with Gasteiger partial charge < -0.3 is 5.73 Å². The van der Waals surface area contributed by atoms with Crippen LogP contribution in [0.4, 0.5) is 0 Å². The van der Waals surface area contributed by atoms with Crippen molar-refractivity contribution in [3.8, 4) is 6.07 Å². The molecule has 0 heterocycles. The number of hydrogen-bond acceptors (Lipinski definition) is 4. The van der Waals surface area contributed by atoms with Crippen LogP contribution in [0.3, 0.4) is 0 Å². The van der Waals surface area contributed by atoms with Crippen molar-refractivity contribution >= 4 is 9.84 Å². The van der Waals surface area contributed by atoms with Crippen molar-refractivity contribution < 1.29 is 8.42 Å². The van der Waals surface area contributed by atoms with Crippen molar-refractivity contribution in [1.82, 2.24) is 0 Å². The van der Waals surface area contributed by atoms with Crippen molar-refractivity contribution in [2.24, 2.45) is 5.73 Å². The first-order valence-corrected chi connectivity index (χ1v) is 7.02. The number of nitrogens with zero attached hydrogens (tertiary/aromatic N) is 1. The van der Waals surface area contributed by atoms with E-state index < -0.39 is 15.4 Å². The normalized spacial score (nSPS) is 12.1. The molecule has 0 saturated carbocycles. The standard InChI is InChI=1S/C12H16N2O2S/c1-12(2,14)9-17(15,16)8-11-5-3-4-10(6-11)7-13/h3-6H,8-9,14H2,1-2H3. The average Bonchev–Trinajstić information content (AvgIpc) is 2.13. The Bertz CT molecular complexity index is 536. The molecule has 0 radical (unpaired) electrons. The maximum Gasteiger partial charge on any atom is 0.156 e. The fourth-order valence-electron chi connectivity index (χ4n) is 1.60. The van der Waals surface area contributed by atoms with E-state index in [1.807, 2.05) is 6.07 Å². The van der Waals surface area contributed by atoms with E-state index in [-0.39, 0.29) is 11.5 Å². The third-order valence-corrected chi connectivity index (χ3v) is 3.99. The molecule has 0 amide bonds. The van der Waals surface area contributed by atoms with Crippen molar-refractivity contribution in [2.45, 2.75) is 25.1 Å². The van der Waals surface area contributed by atoms with Crippen molar-refractivity contribution in [2.75, 3.05) is 5.75 Å². The van der Waals surface area contributed by atoms with Gasteiger partial charge in [0, 0.05) is 5.54 Å². The van der Waals surface area contributed by atoms with Gasteiger partial charge in [-0.05, 0) is 31.5 Å². The van der Waals surface area contributed by atoms with Crippen LogP contribution in [0, 0.1) is 11.3 Å². The Hall–Kier alpha value is -1.38. The summed E-state index contributed by atoms with van der Waals surface area (Å²) in [6.07, 6.45) is 0. The lowest BCUT2D eigenvalue weighted by Crippen LogP contribution is -2.40. The summed E-state index contributed by atoms with van der Waals surface area (Å²) in [7, 11) is -3.25. The maximum atomic E-state index is 11.9. The Morgan fingerprint density at radius 3 is 2.59 bits per heavy atom. The monoisotopic (exact) mass is 252 g/mol. The third kappa shape index (κ3) is 4.98. The van der Waals surface area contributed by atoms with Gasteiger partial charge in [0.05, 0.1) is 23.1 Å². The van der Waals surface area contributed by atoms with Gasteiger partial charge in [0.2, 0.25) is 0 Å². The van der Waals surface area contributed by atoms with Crippen LogP contribution in [-0.2, 0) is 15.6 Å². The molecular weight excluding hydrogens is 236 g/mol. The van der Waals surface area contributed by atoms with Gasteiger partial charge in [-0.3, -0.25) is 0 Å². The van der Waals surface area contributed by atoms with E-state index in [1.54, 1.807) is 38.1 Å². The zero-order valence-electron chi connectivity index (χ0n) is 9.97. The highest BCUT2D eigenvalue weighted by atomic mass is 32.2. The Morgan fingerprint density at radius 1 is 1.41 bits per heavy atom. The number of sulfone groups is 1. The zero-order chi connectivity index (χ0) is 13.1. The highest BCUT2D eigenvalue weighted by molar-refractivity contribution is 7.90. The van der Waals surface area contributed by atoms with Gasteiger partial charge in [-0.2, -0.15) is 5.26 Å². The molecule has 0 aliphatic heterocycles. The van der Waals surface area contributed by atoms with Crippen LogP contribution in [0.15, 0.2) is 24.3 Å². The molecule has 5 heteroatoms. The highest BCUT2D eigenvalue weighted by Gasteiger charge is 2.22. The smallest absolute Gasteiger partial charge is 0.156 e. The molecule has 4 nitrogen and oxygen atoms in total. The van der Waals surface area contributed by atoms with Crippen molar-refractivity contribution in [1.29, 1.82) is 5.26 Å². The fraction of sp³-hybridized carbons (Fsp3) is 0.417. The van der Waals surface area contributed by atoms with E-state index in [4.69, 9.17) is 11.0 Å². The van der Waals surface area contributed by atoms with Crippen LogP contribution in [0.2, 0.25) is 0 Å². The minimum Gasteiger partial charge on any atom is -0.325 e. The molecule has 0 aliphatic rings. The van der Waals surface area contributed by atoms with E-state index in [2.05, 4.69) is 0 Å². The van der Waals surface area contributed by atoms with E-state index in [1.165, 1.54) is 0 Å². The largest absolute Gasteiger partial charge is 0.325 e. The number of benzene rings is 1. The molecule has 0 saturated heterocycles. The Balaban J connectivity index is 2.88. The SMILES string of the molecule is CC(C)(N)CS(=O)(=O)Cc1cccc(C#N)c1. The second kappa shape index (κ2) is 4.86. The van der Waals surface area contributed by atoms with Gasteiger partial charge in [-0.15, -0.1) is 0 Å². The first-order valence-electron chi connectivity index (χ1n) is 5.20. The van der Waals surface area contributed by atoms with Gasteiger partial charge in [-0.25, -0.2) is 8.42 Å². The quantitative estimate of drug-likeness (QED) is 0.873. The molecule has 0 bridgehead atoms. The van der Waals surface area contributed by atoms with Crippen LogP contribution in [0.5, 0.6) is 0 Å². The van der Waals surface area contributed by atoms with Gasteiger partial charge in [0.15, 0.2) is 9.84 Å². The Kier molecular flexibility index (Phi) is 3.91. The second-order valence-corrected chi connectivity index (χ2v) is 6.90. The molecular formula is C12H16N2O2S. The maximum absolute atomic E-state index is 11.9. The van der Waals surface area contributed by atoms with E-state index in [9.17, 15) is 8.42 Å².